The van der Waals surface area contributed by atoms with Gasteiger partial charge in [0.1, 0.15) is 0 Å². The van der Waals surface area contributed by atoms with E-state index in [9.17, 15) is 18.0 Å². The summed E-state index contributed by atoms with van der Waals surface area (Å²) in [7, 11) is 0. The molecular formula is C14H17F3O2. The van der Waals surface area contributed by atoms with Crippen molar-refractivity contribution in [2.45, 2.75) is 39.3 Å². The van der Waals surface area contributed by atoms with Gasteiger partial charge in [0, 0.05) is 0 Å². The van der Waals surface area contributed by atoms with Crippen LogP contribution in [0.5, 0.6) is 0 Å². The zero-order valence-electron chi connectivity index (χ0n) is 11.1. The number of carbonyl (C=O) groups is 1. The molecule has 1 unspecified atom stereocenters. The summed E-state index contributed by atoms with van der Waals surface area (Å²) in [5.74, 6) is -1.29. The van der Waals surface area contributed by atoms with Crippen molar-refractivity contribution in [3.8, 4) is 0 Å². The maximum Gasteiger partial charge on any atom is 0.416 e. The van der Waals surface area contributed by atoms with Gasteiger partial charge < -0.3 is 5.11 Å². The third kappa shape index (κ3) is 4.26. The van der Waals surface area contributed by atoms with E-state index in [4.69, 9.17) is 5.11 Å². The Morgan fingerprint density at radius 3 is 1.95 bits per heavy atom. The monoisotopic (exact) mass is 274 g/mol. The summed E-state index contributed by atoms with van der Waals surface area (Å²) in [6.07, 6.45) is -4.47. The van der Waals surface area contributed by atoms with E-state index >= 15 is 0 Å². The lowest BCUT2D eigenvalue weighted by atomic mass is 9.74. The van der Waals surface area contributed by atoms with Crippen LogP contribution < -0.4 is 0 Å². The van der Waals surface area contributed by atoms with Crippen LogP contribution in [0, 0.1) is 5.41 Å². The van der Waals surface area contributed by atoms with Crippen LogP contribution in [-0.4, -0.2) is 11.1 Å². The van der Waals surface area contributed by atoms with Gasteiger partial charge in [0.2, 0.25) is 0 Å². The molecule has 5 heteroatoms. The maximum absolute atomic E-state index is 12.5. The Morgan fingerprint density at radius 1 is 1.16 bits per heavy atom. The van der Waals surface area contributed by atoms with Crippen molar-refractivity contribution >= 4 is 5.97 Å². The van der Waals surface area contributed by atoms with E-state index < -0.39 is 17.7 Å². The highest BCUT2D eigenvalue weighted by Crippen LogP contribution is 2.39. The average Bonchev–Trinajstić information content (AvgIpc) is 2.23. The van der Waals surface area contributed by atoms with E-state index in [1.165, 1.54) is 12.1 Å². The van der Waals surface area contributed by atoms with Crippen LogP contribution >= 0.6 is 0 Å². The molecule has 19 heavy (non-hydrogen) atoms. The van der Waals surface area contributed by atoms with Crippen LogP contribution in [-0.2, 0) is 11.0 Å². The van der Waals surface area contributed by atoms with Crippen molar-refractivity contribution in [1.82, 2.24) is 0 Å². The van der Waals surface area contributed by atoms with Gasteiger partial charge in [-0.1, -0.05) is 32.9 Å². The number of hydrogen-bond acceptors (Lipinski definition) is 1. The molecule has 1 aromatic carbocycles. The molecule has 1 N–H and O–H groups in total. The van der Waals surface area contributed by atoms with Gasteiger partial charge in [0.15, 0.2) is 0 Å². The second kappa shape index (κ2) is 5.23. The van der Waals surface area contributed by atoms with E-state index in [0.717, 1.165) is 12.1 Å². The molecule has 0 aliphatic rings. The van der Waals surface area contributed by atoms with Crippen LogP contribution in [0.4, 0.5) is 13.2 Å². The van der Waals surface area contributed by atoms with Crippen molar-refractivity contribution < 1.29 is 23.1 Å². The molecule has 0 aliphatic carbocycles. The van der Waals surface area contributed by atoms with Crippen molar-refractivity contribution in [3.05, 3.63) is 35.4 Å². The van der Waals surface area contributed by atoms with Crippen molar-refractivity contribution in [3.63, 3.8) is 0 Å². The summed E-state index contributed by atoms with van der Waals surface area (Å²) < 4.78 is 37.4. The molecule has 0 spiro atoms. The molecule has 0 aromatic heterocycles. The third-order valence-electron chi connectivity index (χ3n) is 3.06. The van der Waals surface area contributed by atoms with Gasteiger partial charge >= 0.3 is 12.1 Å². The van der Waals surface area contributed by atoms with E-state index in [1.807, 2.05) is 20.8 Å². The zero-order valence-corrected chi connectivity index (χ0v) is 11.1. The van der Waals surface area contributed by atoms with Gasteiger partial charge in [0.25, 0.3) is 0 Å². The van der Waals surface area contributed by atoms with Gasteiger partial charge in [-0.25, -0.2) is 0 Å². The van der Waals surface area contributed by atoms with Gasteiger partial charge in [-0.2, -0.15) is 13.2 Å². The van der Waals surface area contributed by atoms with E-state index in [0.29, 0.717) is 5.56 Å². The third-order valence-corrected chi connectivity index (χ3v) is 3.06. The number of aliphatic carboxylic acids is 1. The quantitative estimate of drug-likeness (QED) is 0.891. The standard InChI is InChI=1S/C14H17F3O2/c1-13(2,3)11(8-12(18)19)9-4-6-10(7-5-9)14(15,16)17/h4-7,11H,8H2,1-3H3,(H,18,19). The summed E-state index contributed by atoms with van der Waals surface area (Å²) in [6, 6.07) is 4.72. The van der Waals surface area contributed by atoms with Crippen LogP contribution in [0.1, 0.15) is 44.2 Å². The molecule has 0 aliphatic heterocycles. The Balaban J connectivity index is 3.08. The van der Waals surface area contributed by atoms with Crippen molar-refractivity contribution in [2.24, 2.45) is 5.41 Å². The minimum Gasteiger partial charge on any atom is -0.481 e. The molecule has 1 rings (SSSR count). The number of halogens is 3. The fourth-order valence-electron chi connectivity index (χ4n) is 2.00. The second-order valence-electron chi connectivity index (χ2n) is 5.64. The lowest BCUT2D eigenvalue weighted by Gasteiger charge is -2.30. The Bertz CT molecular complexity index is 441. The average molecular weight is 274 g/mol. The Labute approximate surface area is 110 Å². The van der Waals surface area contributed by atoms with Crippen LogP contribution in [0.15, 0.2) is 24.3 Å². The van der Waals surface area contributed by atoms with E-state index in [1.54, 1.807) is 0 Å². The summed E-state index contributed by atoms with van der Waals surface area (Å²) in [5.41, 5.74) is -0.444. The minimum atomic E-state index is -4.37. The van der Waals surface area contributed by atoms with E-state index in [-0.39, 0.29) is 17.8 Å². The number of hydrogen-bond donors (Lipinski definition) is 1. The zero-order chi connectivity index (χ0) is 14.8. The van der Waals surface area contributed by atoms with Crippen LogP contribution in [0.3, 0.4) is 0 Å². The molecule has 1 aromatic rings. The molecule has 0 saturated carbocycles. The molecule has 0 fully saturated rings. The number of benzene rings is 1. The Kier molecular flexibility index (Phi) is 4.28. The normalized spacial score (nSPS) is 14.2. The largest absolute Gasteiger partial charge is 0.481 e. The lowest BCUT2D eigenvalue weighted by molar-refractivity contribution is -0.139. The number of alkyl halides is 3. The van der Waals surface area contributed by atoms with Crippen LogP contribution in [0.25, 0.3) is 0 Å². The highest BCUT2D eigenvalue weighted by Gasteiger charge is 2.32. The Hall–Kier alpha value is -1.52. The fraction of sp³-hybridized carbons (Fsp3) is 0.500. The summed E-state index contributed by atoms with van der Waals surface area (Å²) in [4.78, 5) is 10.9. The first-order chi connectivity index (χ1) is 8.51. The lowest BCUT2D eigenvalue weighted by Crippen LogP contribution is -2.21. The maximum atomic E-state index is 12.5. The first kappa shape index (κ1) is 15.5. The summed E-state index contributed by atoms with van der Waals surface area (Å²) in [5, 5.41) is 8.91. The number of rotatable bonds is 3. The number of carboxylic acid groups (broad SMARTS) is 1. The molecule has 106 valence electrons. The second-order valence-corrected chi connectivity index (χ2v) is 5.64. The summed E-state index contributed by atoms with van der Waals surface area (Å²) in [6.45, 7) is 5.62. The van der Waals surface area contributed by atoms with Gasteiger partial charge in [-0.05, 0) is 29.0 Å². The predicted molar refractivity (Wildman–Crippen MR) is 65.9 cm³/mol. The Morgan fingerprint density at radius 2 is 1.63 bits per heavy atom. The fourth-order valence-corrected chi connectivity index (χ4v) is 2.00. The van der Waals surface area contributed by atoms with Gasteiger partial charge in [-0.15, -0.1) is 0 Å². The summed E-state index contributed by atoms with van der Waals surface area (Å²) >= 11 is 0. The molecule has 0 amide bonds. The minimum absolute atomic E-state index is 0.102. The van der Waals surface area contributed by atoms with Crippen molar-refractivity contribution in [2.75, 3.05) is 0 Å². The highest BCUT2D eigenvalue weighted by molar-refractivity contribution is 5.68. The molecular weight excluding hydrogens is 257 g/mol. The number of carboxylic acids is 1. The molecule has 1 atom stereocenters. The first-order valence-corrected chi connectivity index (χ1v) is 5.91. The first-order valence-electron chi connectivity index (χ1n) is 5.91. The van der Waals surface area contributed by atoms with Gasteiger partial charge in [-0.3, -0.25) is 4.79 Å². The highest BCUT2D eigenvalue weighted by atomic mass is 19.4. The molecule has 0 bridgehead atoms. The van der Waals surface area contributed by atoms with Gasteiger partial charge in [0.05, 0.1) is 12.0 Å². The molecule has 0 saturated heterocycles. The molecule has 2 nitrogen and oxygen atoms in total. The smallest absolute Gasteiger partial charge is 0.416 e. The topological polar surface area (TPSA) is 37.3 Å². The van der Waals surface area contributed by atoms with Crippen molar-refractivity contribution in [1.29, 1.82) is 0 Å². The van der Waals surface area contributed by atoms with Crippen LogP contribution in [0.2, 0.25) is 0 Å². The molecule has 0 heterocycles. The SMILES string of the molecule is CC(C)(C)C(CC(=O)O)c1ccc(C(F)(F)F)cc1. The van der Waals surface area contributed by atoms with E-state index in [2.05, 4.69) is 0 Å². The predicted octanol–water partition coefficient (Wildman–Crippen LogP) is 4.31. The molecule has 0 radical (unpaired) electrons.